The van der Waals surface area contributed by atoms with Crippen LogP contribution >= 0.6 is 0 Å². The minimum absolute atomic E-state index is 0.0625. The standard InChI is InChI=1S/C6H12O3/c1-5(2)3-6(7)4-9-8/h5,8H,3-4H2,1-2H3. The molecule has 0 aromatic carbocycles. The summed E-state index contributed by atoms with van der Waals surface area (Å²) in [6, 6.07) is 0. The van der Waals surface area contributed by atoms with Crippen LogP contribution in [0.1, 0.15) is 20.3 Å². The van der Waals surface area contributed by atoms with Crippen molar-refractivity contribution in [1.82, 2.24) is 0 Å². The molecule has 0 atom stereocenters. The predicted octanol–water partition coefficient (Wildman–Crippen LogP) is 1.09. The number of Topliss-reactive ketones (excluding diaryl/α,β-unsaturated/α-hetero) is 1. The highest BCUT2D eigenvalue weighted by Crippen LogP contribution is 1.99. The van der Waals surface area contributed by atoms with Gasteiger partial charge in [-0.1, -0.05) is 13.8 Å². The topological polar surface area (TPSA) is 46.5 Å². The van der Waals surface area contributed by atoms with Crippen LogP contribution in [0.15, 0.2) is 0 Å². The molecule has 0 aliphatic carbocycles. The Kier molecular flexibility index (Phi) is 4.26. The fourth-order valence-corrected chi connectivity index (χ4v) is 0.586. The third kappa shape index (κ3) is 5.46. The molecule has 0 amide bonds. The van der Waals surface area contributed by atoms with Crippen molar-refractivity contribution >= 4 is 5.78 Å². The summed E-state index contributed by atoms with van der Waals surface area (Å²) in [5.41, 5.74) is 0. The average molecular weight is 132 g/mol. The zero-order chi connectivity index (χ0) is 7.28. The van der Waals surface area contributed by atoms with Gasteiger partial charge in [-0.15, -0.1) is 0 Å². The van der Waals surface area contributed by atoms with Gasteiger partial charge in [-0.25, -0.2) is 4.89 Å². The van der Waals surface area contributed by atoms with Crippen LogP contribution in [0, 0.1) is 5.92 Å². The van der Waals surface area contributed by atoms with Crippen LogP contribution in [0.2, 0.25) is 0 Å². The van der Waals surface area contributed by atoms with E-state index in [1.807, 2.05) is 13.8 Å². The highest BCUT2D eigenvalue weighted by atomic mass is 17.1. The van der Waals surface area contributed by atoms with Crippen molar-refractivity contribution in [2.75, 3.05) is 6.61 Å². The summed E-state index contributed by atoms with van der Waals surface area (Å²) in [4.78, 5) is 14.2. The van der Waals surface area contributed by atoms with Gasteiger partial charge in [-0.3, -0.25) is 10.1 Å². The molecule has 0 radical (unpaired) electrons. The first-order chi connectivity index (χ1) is 4.16. The summed E-state index contributed by atoms with van der Waals surface area (Å²) in [5.74, 6) is 0.278. The first-order valence-electron chi connectivity index (χ1n) is 2.95. The smallest absolute Gasteiger partial charge is 0.162 e. The van der Waals surface area contributed by atoms with Crippen LogP contribution in [0.4, 0.5) is 0 Å². The van der Waals surface area contributed by atoms with Crippen LogP contribution in [0.5, 0.6) is 0 Å². The van der Waals surface area contributed by atoms with E-state index in [4.69, 9.17) is 5.26 Å². The Hall–Kier alpha value is -0.410. The first kappa shape index (κ1) is 8.59. The molecule has 0 spiro atoms. The summed E-state index contributed by atoms with van der Waals surface area (Å²) < 4.78 is 0. The Balaban J connectivity index is 3.27. The zero-order valence-corrected chi connectivity index (χ0v) is 5.76. The van der Waals surface area contributed by atoms with Crippen LogP contribution in [-0.2, 0) is 9.68 Å². The molecule has 54 valence electrons. The summed E-state index contributed by atoms with van der Waals surface area (Å²) >= 11 is 0. The Bertz CT molecular complexity index is 88.3. The van der Waals surface area contributed by atoms with Crippen molar-refractivity contribution < 1.29 is 14.9 Å². The van der Waals surface area contributed by atoms with Gasteiger partial charge in [0.05, 0.1) is 0 Å². The Morgan fingerprint density at radius 1 is 1.67 bits per heavy atom. The van der Waals surface area contributed by atoms with Gasteiger partial charge in [0.1, 0.15) is 6.61 Å². The maximum Gasteiger partial charge on any atom is 0.162 e. The van der Waals surface area contributed by atoms with E-state index < -0.39 is 0 Å². The van der Waals surface area contributed by atoms with E-state index in [0.29, 0.717) is 12.3 Å². The van der Waals surface area contributed by atoms with Gasteiger partial charge >= 0.3 is 0 Å². The highest BCUT2D eigenvalue weighted by molar-refractivity contribution is 5.79. The summed E-state index contributed by atoms with van der Waals surface area (Å²) in [6.07, 6.45) is 0.473. The number of carbonyl (C=O) groups is 1. The summed E-state index contributed by atoms with van der Waals surface area (Å²) in [5, 5.41) is 7.83. The molecule has 0 aromatic rings. The first-order valence-corrected chi connectivity index (χ1v) is 2.95. The lowest BCUT2D eigenvalue weighted by atomic mass is 10.1. The minimum atomic E-state index is -0.182. The maximum atomic E-state index is 10.6. The predicted molar refractivity (Wildman–Crippen MR) is 33.0 cm³/mol. The molecule has 3 nitrogen and oxygen atoms in total. The van der Waals surface area contributed by atoms with E-state index >= 15 is 0 Å². The fourth-order valence-electron chi connectivity index (χ4n) is 0.586. The number of carbonyl (C=O) groups excluding carboxylic acids is 1. The second-order valence-corrected chi connectivity index (χ2v) is 2.41. The van der Waals surface area contributed by atoms with Crippen LogP contribution in [0.3, 0.4) is 0 Å². The van der Waals surface area contributed by atoms with Gasteiger partial charge in [0.15, 0.2) is 5.78 Å². The largest absolute Gasteiger partial charge is 0.297 e. The lowest BCUT2D eigenvalue weighted by molar-refractivity contribution is -0.238. The van der Waals surface area contributed by atoms with Crippen molar-refractivity contribution in [3.05, 3.63) is 0 Å². The van der Waals surface area contributed by atoms with Gasteiger partial charge in [-0.05, 0) is 5.92 Å². The molecule has 0 unspecified atom stereocenters. The van der Waals surface area contributed by atoms with E-state index in [1.54, 1.807) is 0 Å². The normalized spacial score (nSPS) is 10.2. The SMILES string of the molecule is CC(C)CC(=O)COO. The number of ketones is 1. The Morgan fingerprint density at radius 3 is 2.56 bits per heavy atom. The van der Waals surface area contributed by atoms with Gasteiger partial charge in [-0.2, -0.15) is 0 Å². The molecule has 0 aliphatic rings. The molecule has 0 saturated heterocycles. The molecular formula is C6H12O3. The summed E-state index contributed by atoms with van der Waals surface area (Å²) in [7, 11) is 0. The Morgan fingerprint density at radius 2 is 2.22 bits per heavy atom. The second kappa shape index (κ2) is 4.47. The lowest BCUT2D eigenvalue weighted by Gasteiger charge is -1.99. The van der Waals surface area contributed by atoms with Crippen LogP contribution in [-0.4, -0.2) is 17.6 Å². The summed E-state index contributed by atoms with van der Waals surface area (Å²) in [6.45, 7) is 3.70. The van der Waals surface area contributed by atoms with Gasteiger partial charge < -0.3 is 0 Å². The quantitative estimate of drug-likeness (QED) is 0.460. The third-order valence-corrected chi connectivity index (χ3v) is 0.861. The van der Waals surface area contributed by atoms with Crippen molar-refractivity contribution in [3.63, 3.8) is 0 Å². The van der Waals surface area contributed by atoms with Crippen LogP contribution < -0.4 is 0 Å². The number of hydrogen-bond acceptors (Lipinski definition) is 3. The second-order valence-electron chi connectivity index (χ2n) is 2.41. The van der Waals surface area contributed by atoms with Crippen molar-refractivity contribution in [1.29, 1.82) is 0 Å². The fraction of sp³-hybridized carbons (Fsp3) is 0.833. The highest BCUT2D eigenvalue weighted by Gasteiger charge is 2.03. The van der Waals surface area contributed by atoms with Crippen molar-refractivity contribution in [2.24, 2.45) is 5.92 Å². The van der Waals surface area contributed by atoms with Gasteiger partial charge in [0.2, 0.25) is 0 Å². The molecule has 9 heavy (non-hydrogen) atoms. The van der Waals surface area contributed by atoms with Gasteiger partial charge in [0, 0.05) is 6.42 Å². The molecular weight excluding hydrogens is 120 g/mol. The molecule has 0 rings (SSSR count). The monoisotopic (exact) mass is 132 g/mol. The van der Waals surface area contributed by atoms with E-state index in [2.05, 4.69) is 4.89 Å². The van der Waals surface area contributed by atoms with E-state index in [-0.39, 0.29) is 12.4 Å². The molecule has 0 bridgehead atoms. The number of hydrogen-bond donors (Lipinski definition) is 1. The molecule has 1 N–H and O–H groups in total. The number of rotatable bonds is 4. The lowest BCUT2D eigenvalue weighted by Crippen LogP contribution is -2.09. The molecule has 0 saturated carbocycles. The van der Waals surface area contributed by atoms with Crippen LogP contribution in [0.25, 0.3) is 0 Å². The molecule has 0 aliphatic heterocycles. The van der Waals surface area contributed by atoms with Crippen molar-refractivity contribution in [2.45, 2.75) is 20.3 Å². The zero-order valence-electron chi connectivity index (χ0n) is 5.76. The Labute approximate surface area is 54.6 Å². The van der Waals surface area contributed by atoms with E-state index in [0.717, 1.165) is 0 Å². The minimum Gasteiger partial charge on any atom is -0.297 e. The van der Waals surface area contributed by atoms with Crippen molar-refractivity contribution in [3.8, 4) is 0 Å². The molecule has 0 heterocycles. The maximum absolute atomic E-state index is 10.6. The van der Waals surface area contributed by atoms with E-state index in [1.165, 1.54) is 0 Å². The molecule has 3 heteroatoms. The molecule has 0 aromatic heterocycles. The third-order valence-electron chi connectivity index (χ3n) is 0.861. The van der Waals surface area contributed by atoms with E-state index in [9.17, 15) is 4.79 Å². The molecule has 0 fully saturated rings. The average Bonchev–Trinajstić information content (AvgIpc) is 1.63. The van der Waals surface area contributed by atoms with Gasteiger partial charge in [0.25, 0.3) is 0 Å².